The van der Waals surface area contributed by atoms with Crippen molar-refractivity contribution >= 4 is 11.9 Å². The summed E-state index contributed by atoms with van der Waals surface area (Å²) in [6, 6.07) is 0. The molecule has 0 N–H and O–H groups in total. The van der Waals surface area contributed by atoms with Crippen LogP contribution in [0.25, 0.3) is 0 Å². The van der Waals surface area contributed by atoms with Gasteiger partial charge in [-0.25, -0.2) is 0 Å². The van der Waals surface area contributed by atoms with Crippen LogP contribution in [0.2, 0.25) is 0 Å². The van der Waals surface area contributed by atoms with Gasteiger partial charge in [-0.05, 0) is 12.3 Å². The van der Waals surface area contributed by atoms with Crippen molar-refractivity contribution in [3.05, 3.63) is 0 Å². The van der Waals surface area contributed by atoms with Crippen LogP contribution in [0.1, 0.15) is 40.5 Å². The number of hydrogen-bond donors (Lipinski definition) is 0. The Balaban J connectivity index is 2.67. The van der Waals surface area contributed by atoms with Gasteiger partial charge in [0.05, 0.1) is 6.42 Å². The summed E-state index contributed by atoms with van der Waals surface area (Å²) < 4.78 is 10.5. The molecule has 4 heteroatoms. The highest BCUT2D eigenvalue weighted by Crippen LogP contribution is 2.28. The first kappa shape index (κ1) is 13.0. The first-order valence-corrected chi connectivity index (χ1v) is 5.76. The van der Waals surface area contributed by atoms with Gasteiger partial charge in [-0.2, -0.15) is 0 Å². The Bertz CT molecular complexity index is 272. The molecule has 0 bridgehead atoms. The van der Waals surface area contributed by atoms with Crippen LogP contribution < -0.4 is 0 Å². The minimum atomic E-state index is -0.319. The Morgan fingerprint density at radius 2 is 2.19 bits per heavy atom. The molecule has 1 heterocycles. The molecular formula is C12H20O4. The van der Waals surface area contributed by atoms with Gasteiger partial charge in [0.15, 0.2) is 0 Å². The second kappa shape index (κ2) is 5.32. The number of cyclic esters (lactones) is 1. The number of carbonyl (C=O) groups excluding carboxylic acids is 2. The lowest BCUT2D eigenvalue weighted by Gasteiger charge is -2.26. The van der Waals surface area contributed by atoms with Crippen LogP contribution >= 0.6 is 0 Å². The highest BCUT2D eigenvalue weighted by molar-refractivity contribution is 5.72. The van der Waals surface area contributed by atoms with Gasteiger partial charge in [0.25, 0.3) is 0 Å². The molecule has 16 heavy (non-hydrogen) atoms. The summed E-state index contributed by atoms with van der Waals surface area (Å²) >= 11 is 0. The summed E-state index contributed by atoms with van der Waals surface area (Å²) in [5, 5.41) is 0. The summed E-state index contributed by atoms with van der Waals surface area (Å²) in [6.45, 7) is 7.44. The summed E-state index contributed by atoms with van der Waals surface area (Å²) in [5.74, 6) is 0.00524. The Morgan fingerprint density at radius 3 is 2.56 bits per heavy atom. The van der Waals surface area contributed by atoms with Crippen LogP contribution in [0.4, 0.5) is 0 Å². The Labute approximate surface area is 96.3 Å². The zero-order chi connectivity index (χ0) is 12.3. The lowest BCUT2D eigenvalue weighted by molar-refractivity contribution is -0.162. The van der Waals surface area contributed by atoms with Crippen LogP contribution in [-0.4, -0.2) is 24.1 Å². The monoisotopic (exact) mass is 228 g/mol. The van der Waals surface area contributed by atoms with Gasteiger partial charge in [0.2, 0.25) is 0 Å². The quantitative estimate of drug-likeness (QED) is 0.690. The van der Waals surface area contributed by atoms with Gasteiger partial charge in [-0.3, -0.25) is 9.59 Å². The van der Waals surface area contributed by atoms with Crippen molar-refractivity contribution in [1.82, 2.24) is 0 Å². The van der Waals surface area contributed by atoms with Gasteiger partial charge >= 0.3 is 11.9 Å². The Hall–Kier alpha value is -1.06. The lowest BCUT2D eigenvalue weighted by Crippen LogP contribution is -2.35. The first-order valence-electron chi connectivity index (χ1n) is 5.76. The second-order valence-corrected chi connectivity index (χ2v) is 4.91. The van der Waals surface area contributed by atoms with Crippen molar-refractivity contribution in [2.45, 2.75) is 52.7 Å². The van der Waals surface area contributed by atoms with Crippen LogP contribution in [0.15, 0.2) is 0 Å². The van der Waals surface area contributed by atoms with Crippen molar-refractivity contribution in [1.29, 1.82) is 0 Å². The fourth-order valence-corrected chi connectivity index (χ4v) is 2.06. The van der Waals surface area contributed by atoms with E-state index in [4.69, 9.17) is 9.47 Å². The molecule has 92 valence electrons. The molecule has 0 amide bonds. The van der Waals surface area contributed by atoms with Crippen LogP contribution in [0.5, 0.6) is 0 Å². The summed E-state index contributed by atoms with van der Waals surface area (Å²) in [7, 11) is 0. The van der Waals surface area contributed by atoms with Gasteiger partial charge in [-0.1, -0.05) is 20.8 Å². The van der Waals surface area contributed by atoms with E-state index in [-0.39, 0.29) is 30.1 Å². The van der Waals surface area contributed by atoms with E-state index in [1.165, 1.54) is 6.92 Å². The van der Waals surface area contributed by atoms with Gasteiger partial charge in [0, 0.05) is 12.8 Å². The van der Waals surface area contributed by atoms with E-state index in [0.29, 0.717) is 12.3 Å². The molecule has 1 fully saturated rings. The third-order valence-corrected chi connectivity index (χ3v) is 2.70. The van der Waals surface area contributed by atoms with E-state index in [1.807, 2.05) is 6.92 Å². The molecule has 0 aromatic rings. The third kappa shape index (κ3) is 3.51. The van der Waals surface area contributed by atoms with Crippen LogP contribution in [0.3, 0.4) is 0 Å². The standard InChI is InChI=1S/C12H20O4/c1-7(2)5-10(15-9(4)13)12-8(3)6-11(14)16-12/h7-8,10,12H,5-6H2,1-4H3/t8-,10-,12+/m0/s1. The number of hydrogen-bond acceptors (Lipinski definition) is 4. The molecule has 0 spiro atoms. The number of ether oxygens (including phenoxy) is 2. The van der Waals surface area contributed by atoms with Gasteiger partial charge < -0.3 is 9.47 Å². The molecule has 0 unspecified atom stereocenters. The van der Waals surface area contributed by atoms with E-state index in [0.717, 1.165) is 6.42 Å². The average molecular weight is 228 g/mol. The van der Waals surface area contributed by atoms with Crippen molar-refractivity contribution in [3.63, 3.8) is 0 Å². The molecule has 0 aromatic heterocycles. The van der Waals surface area contributed by atoms with E-state index >= 15 is 0 Å². The fraction of sp³-hybridized carbons (Fsp3) is 0.833. The maximum Gasteiger partial charge on any atom is 0.306 e. The van der Waals surface area contributed by atoms with Crippen LogP contribution in [-0.2, 0) is 19.1 Å². The summed E-state index contributed by atoms with van der Waals surface area (Å²) in [5.41, 5.74) is 0. The van der Waals surface area contributed by atoms with Crippen molar-refractivity contribution in [3.8, 4) is 0 Å². The molecule has 3 atom stereocenters. The summed E-state index contributed by atoms with van der Waals surface area (Å²) in [6.07, 6.45) is 0.556. The predicted molar refractivity (Wildman–Crippen MR) is 58.7 cm³/mol. The highest BCUT2D eigenvalue weighted by atomic mass is 16.6. The Morgan fingerprint density at radius 1 is 1.56 bits per heavy atom. The zero-order valence-electron chi connectivity index (χ0n) is 10.4. The molecule has 1 saturated heterocycles. The number of carbonyl (C=O) groups is 2. The largest absolute Gasteiger partial charge is 0.459 e. The minimum absolute atomic E-state index is 0.121. The normalized spacial score (nSPS) is 26.7. The molecule has 4 nitrogen and oxygen atoms in total. The molecule has 0 radical (unpaired) electrons. The van der Waals surface area contributed by atoms with E-state index in [2.05, 4.69) is 13.8 Å². The van der Waals surface area contributed by atoms with Crippen molar-refractivity contribution < 1.29 is 19.1 Å². The second-order valence-electron chi connectivity index (χ2n) is 4.91. The molecule has 0 saturated carbocycles. The smallest absolute Gasteiger partial charge is 0.306 e. The zero-order valence-corrected chi connectivity index (χ0v) is 10.4. The van der Waals surface area contributed by atoms with Gasteiger partial charge in [-0.15, -0.1) is 0 Å². The van der Waals surface area contributed by atoms with Crippen LogP contribution in [0, 0.1) is 11.8 Å². The predicted octanol–water partition coefficient (Wildman–Crippen LogP) is 1.92. The lowest BCUT2D eigenvalue weighted by atomic mass is 9.93. The summed E-state index contributed by atoms with van der Waals surface area (Å²) in [4.78, 5) is 22.2. The average Bonchev–Trinajstić information content (AvgIpc) is 2.42. The molecule has 1 aliphatic heterocycles. The van der Waals surface area contributed by atoms with E-state index in [1.54, 1.807) is 0 Å². The fourth-order valence-electron chi connectivity index (χ4n) is 2.06. The first-order chi connectivity index (χ1) is 7.40. The number of esters is 2. The molecular weight excluding hydrogens is 208 g/mol. The Kier molecular flexibility index (Phi) is 4.33. The molecule has 0 aliphatic carbocycles. The maximum absolute atomic E-state index is 11.2. The SMILES string of the molecule is CC(=O)O[C@@H](CC(C)C)[C@@H]1OC(=O)C[C@@H]1C. The topological polar surface area (TPSA) is 52.6 Å². The maximum atomic E-state index is 11.2. The van der Waals surface area contributed by atoms with Gasteiger partial charge in [0.1, 0.15) is 12.2 Å². The van der Waals surface area contributed by atoms with E-state index < -0.39 is 0 Å². The molecule has 1 rings (SSSR count). The third-order valence-electron chi connectivity index (χ3n) is 2.70. The minimum Gasteiger partial charge on any atom is -0.459 e. The molecule has 0 aromatic carbocycles. The highest BCUT2D eigenvalue weighted by Gasteiger charge is 2.39. The number of rotatable bonds is 4. The molecule has 1 aliphatic rings. The van der Waals surface area contributed by atoms with Crippen molar-refractivity contribution in [2.24, 2.45) is 11.8 Å². The van der Waals surface area contributed by atoms with Crippen molar-refractivity contribution in [2.75, 3.05) is 0 Å². The van der Waals surface area contributed by atoms with E-state index in [9.17, 15) is 9.59 Å².